The quantitative estimate of drug-likeness (QED) is 0.303. The summed E-state index contributed by atoms with van der Waals surface area (Å²) in [5.41, 5.74) is 2.73. The number of thioether (sulfide) groups is 1. The van der Waals surface area contributed by atoms with Crippen LogP contribution in [0.1, 0.15) is 16.7 Å². The molecule has 0 saturated heterocycles. The molecule has 0 aliphatic rings. The van der Waals surface area contributed by atoms with Gasteiger partial charge in [0.05, 0.1) is 5.75 Å². The summed E-state index contributed by atoms with van der Waals surface area (Å²) in [5.74, 6) is 0.370. The van der Waals surface area contributed by atoms with Crippen LogP contribution < -0.4 is 5.32 Å². The second-order valence-electron chi connectivity index (χ2n) is 7.66. The molecule has 2 amide bonds. The molecule has 34 heavy (non-hydrogen) atoms. The number of hydrogen-bond acceptors (Lipinski definition) is 3. The molecular formula is C26H25BrCl2N2O2S. The molecule has 0 aromatic heterocycles. The van der Waals surface area contributed by atoms with Crippen molar-refractivity contribution in [2.45, 2.75) is 24.8 Å². The second kappa shape index (κ2) is 13.2. The molecule has 8 heteroatoms. The van der Waals surface area contributed by atoms with Crippen molar-refractivity contribution >= 4 is 62.7 Å². The third-order valence-electron chi connectivity index (χ3n) is 5.32. The molecule has 1 atom stereocenters. The molecule has 0 fully saturated rings. The van der Waals surface area contributed by atoms with Gasteiger partial charge in [0, 0.05) is 40.3 Å². The van der Waals surface area contributed by atoms with E-state index < -0.39 is 6.04 Å². The number of nitrogens with zero attached hydrogens (tertiary/aromatic N) is 1. The fourth-order valence-electron chi connectivity index (χ4n) is 3.50. The van der Waals surface area contributed by atoms with Gasteiger partial charge < -0.3 is 10.2 Å². The maximum atomic E-state index is 13.5. The number of nitrogens with one attached hydrogen (secondary N) is 1. The van der Waals surface area contributed by atoms with Gasteiger partial charge in [0.2, 0.25) is 11.8 Å². The van der Waals surface area contributed by atoms with E-state index in [9.17, 15) is 9.59 Å². The van der Waals surface area contributed by atoms with Crippen molar-refractivity contribution in [1.82, 2.24) is 10.2 Å². The first kappa shape index (κ1) is 26.6. The molecule has 0 aliphatic carbocycles. The summed E-state index contributed by atoms with van der Waals surface area (Å²) in [6.07, 6.45) is 0.420. The van der Waals surface area contributed by atoms with E-state index in [2.05, 4.69) is 21.2 Å². The molecule has 0 spiro atoms. The molecule has 3 aromatic rings. The summed E-state index contributed by atoms with van der Waals surface area (Å²) in [7, 11) is 1.59. The SMILES string of the molecule is CNC(=O)C(Cc1ccccc1)N(Cc1ccc(Br)cc1)C(=O)CSCc1c(Cl)cccc1Cl. The van der Waals surface area contributed by atoms with E-state index in [1.165, 1.54) is 11.8 Å². The maximum Gasteiger partial charge on any atom is 0.242 e. The van der Waals surface area contributed by atoms with E-state index >= 15 is 0 Å². The van der Waals surface area contributed by atoms with Gasteiger partial charge in [-0.2, -0.15) is 0 Å². The van der Waals surface area contributed by atoms with Crippen molar-refractivity contribution in [2.24, 2.45) is 0 Å². The zero-order valence-corrected chi connectivity index (χ0v) is 22.6. The molecule has 3 rings (SSSR count). The lowest BCUT2D eigenvalue weighted by Gasteiger charge is -2.31. The van der Waals surface area contributed by atoms with Gasteiger partial charge >= 0.3 is 0 Å². The Kier molecular flexibility index (Phi) is 10.3. The predicted octanol–water partition coefficient (Wildman–Crippen LogP) is 6.38. The molecule has 0 radical (unpaired) electrons. The molecule has 0 bridgehead atoms. The fourth-order valence-corrected chi connectivity index (χ4v) is 5.41. The maximum absolute atomic E-state index is 13.5. The molecule has 178 valence electrons. The number of carbonyl (C=O) groups excluding carboxylic acids is 2. The molecule has 1 unspecified atom stereocenters. The van der Waals surface area contributed by atoms with Crippen LogP contribution in [0, 0.1) is 0 Å². The Morgan fingerprint density at radius 3 is 2.21 bits per heavy atom. The van der Waals surface area contributed by atoms with E-state index in [0.29, 0.717) is 28.8 Å². The zero-order chi connectivity index (χ0) is 24.5. The third kappa shape index (κ3) is 7.51. The normalized spacial score (nSPS) is 11.6. The van der Waals surface area contributed by atoms with Crippen molar-refractivity contribution in [3.05, 3.63) is 104 Å². The highest BCUT2D eigenvalue weighted by atomic mass is 79.9. The minimum atomic E-state index is -0.645. The number of rotatable bonds is 10. The second-order valence-corrected chi connectivity index (χ2v) is 10.4. The Morgan fingerprint density at radius 1 is 0.941 bits per heavy atom. The Morgan fingerprint density at radius 2 is 1.59 bits per heavy atom. The number of amides is 2. The number of likely N-dealkylation sites (N-methyl/N-ethyl adjacent to an activating group) is 1. The Labute approximate surface area is 223 Å². The van der Waals surface area contributed by atoms with Crippen LogP contribution in [-0.4, -0.2) is 35.6 Å². The van der Waals surface area contributed by atoms with Crippen molar-refractivity contribution < 1.29 is 9.59 Å². The van der Waals surface area contributed by atoms with Gasteiger partial charge in [-0.05, 0) is 41.0 Å². The first-order valence-electron chi connectivity index (χ1n) is 10.7. The number of carbonyl (C=O) groups is 2. The van der Waals surface area contributed by atoms with Crippen LogP contribution in [-0.2, 0) is 28.3 Å². The van der Waals surface area contributed by atoms with Crippen LogP contribution in [0.2, 0.25) is 10.0 Å². The zero-order valence-electron chi connectivity index (χ0n) is 18.6. The highest BCUT2D eigenvalue weighted by Gasteiger charge is 2.29. The predicted molar refractivity (Wildman–Crippen MR) is 145 cm³/mol. The monoisotopic (exact) mass is 578 g/mol. The summed E-state index contributed by atoms with van der Waals surface area (Å²) in [6.45, 7) is 0.324. The van der Waals surface area contributed by atoms with Crippen molar-refractivity contribution in [1.29, 1.82) is 0 Å². The molecular weight excluding hydrogens is 555 g/mol. The molecule has 0 aliphatic heterocycles. The average Bonchev–Trinajstić information content (AvgIpc) is 2.84. The van der Waals surface area contributed by atoms with E-state index in [1.807, 2.05) is 54.6 Å². The smallest absolute Gasteiger partial charge is 0.242 e. The van der Waals surface area contributed by atoms with E-state index in [1.54, 1.807) is 30.1 Å². The Balaban J connectivity index is 1.82. The summed E-state index contributed by atoms with van der Waals surface area (Å²) >= 11 is 17.4. The van der Waals surface area contributed by atoms with Gasteiger partial charge in [0.25, 0.3) is 0 Å². The molecule has 3 aromatic carbocycles. The van der Waals surface area contributed by atoms with Crippen LogP contribution in [0.15, 0.2) is 77.3 Å². The third-order valence-corrected chi connectivity index (χ3v) is 7.50. The lowest BCUT2D eigenvalue weighted by molar-refractivity contribution is -0.139. The first-order valence-corrected chi connectivity index (χ1v) is 13.4. The van der Waals surface area contributed by atoms with Gasteiger partial charge in [-0.3, -0.25) is 9.59 Å². The molecule has 0 heterocycles. The fraction of sp³-hybridized carbons (Fsp3) is 0.231. The molecule has 4 nitrogen and oxygen atoms in total. The highest BCUT2D eigenvalue weighted by molar-refractivity contribution is 9.10. The van der Waals surface area contributed by atoms with Gasteiger partial charge in [0.15, 0.2) is 0 Å². The Bertz CT molecular complexity index is 1090. The summed E-state index contributed by atoms with van der Waals surface area (Å²) in [5, 5.41) is 3.88. The van der Waals surface area contributed by atoms with Gasteiger partial charge in [-0.25, -0.2) is 0 Å². The minimum absolute atomic E-state index is 0.124. The van der Waals surface area contributed by atoms with Crippen LogP contribution >= 0.6 is 50.9 Å². The van der Waals surface area contributed by atoms with Crippen molar-refractivity contribution in [3.8, 4) is 0 Å². The van der Waals surface area contributed by atoms with Crippen molar-refractivity contribution in [3.63, 3.8) is 0 Å². The summed E-state index contributed by atoms with van der Waals surface area (Å²) in [4.78, 5) is 28.1. The van der Waals surface area contributed by atoms with Crippen LogP contribution in [0.5, 0.6) is 0 Å². The topological polar surface area (TPSA) is 49.4 Å². The van der Waals surface area contributed by atoms with E-state index in [0.717, 1.165) is 21.2 Å². The summed E-state index contributed by atoms with van der Waals surface area (Å²) in [6, 6.07) is 22.2. The molecule has 1 N–H and O–H groups in total. The minimum Gasteiger partial charge on any atom is -0.357 e. The average molecular weight is 580 g/mol. The number of halogens is 3. The Hall–Kier alpha value is -1.99. The first-order chi connectivity index (χ1) is 16.4. The van der Waals surface area contributed by atoms with Gasteiger partial charge in [-0.15, -0.1) is 11.8 Å². The lowest BCUT2D eigenvalue weighted by Crippen LogP contribution is -2.50. The van der Waals surface area contributed by atoms with E-state index in [-0.39, 0.29) is 17.6 Å². The van der Waals surface area contributed by atoms with Gasteiger partial charge in [0.1, 0.15) is 6.04 Å². The summed E-state index contributed by atoms with van der Waals surface area (Å²) < 4.78 is 0.952. The standard InChI is InChI=1S/C26H25BrCl2N2O2S/c1-30-26(33)24(14-18-6-3-2-4-7-18)31(15-19-10-12-20(27)13-11-19)25(32)17-34-16-21-22(28)8-5-9-23(21)29/h2-13,24H,14-17H2,1H3,(H,30,33). The van der Waals surface area contributed by atoms with Crippen LogP contribution in [0.4, 0.5) is 0 Å². The largest absolute Gasteiger partial charge is 0.357 e. The lowest BCUT2D eigenvalue weighted by atomic mass is 10.0. The number of hydrogen-bond donors (Lipinski definition) is 1. The van der Waals surface area contributed by atoms with Gasteiger partial charge in [-0.1, -0.05) is 87.7 Å². The highest BCUT2D eigenvalue weighted by Crippen LogP contribution is 2.28. The number of benzene rings is 3. The van der Waals surface area contributed by atoms with E-state index in [4.69, 9.17) is 23.2 Å². The van der Waals surface area contributed by atoms with Crippen LogP contribution in [0.3, 0.4) is 0 Å². The van der Waals surface area contributed by atoms with Crippen molar-refractivity contribution in [2.75, 3.05) is 12.8 Å². The van der Waals surface area contributed by atoms with Crippen LogP contribution in [0.25, 0.3) is 0 Å². The molecule has 0 saturated carbocycles.